The topological polar surface area (TPSA) is 131 Å². The number of unbranched alkanes of at least 4 members (excludes halogenated alkanes) is 43. The molecule has 0 radical (unpaired) electrons. The van der Waals surface area contributed by atoms with Crippen molar-refractivity contribution in [3.8, 4) is 0 Å². The Hall–Kier alpha value is -0.500. The van der Waals surface area contributed by atoms with E-state index in [2.05, 4.69) is 19.2 Å². The maximum absolute atomic E-state index is 12.9. The Kier molecular flexibility index (Phi) is 51.5. The Morgan fingerprint density at radius 1 is 0.453 bits per heavy atom. The maximum atomic E-state index is 12.9. The molecule has 9 heteroatoms. The van der Waals surface area contributed by atoms with Crippen molar-refractivity contribution in [1.82, 2.24) is 5.32 Å². The fourth-order valence-corrected chi connectivity index (χ4v) is 9.90. The first-order valence-electron chi connectivity index (χ1n) is 28.7. The standard InChI is InChI=1S/C55H113N2O6P/c1-3-5-7-9-11-13-15-17-19-21-22-23-24-25-26-27-28-29-30-31-32-33-35-37-39-41-43-45-47-49-55(59)57-53(52-63-64(60,61)62-51-50-56)54(58)48-46-44-42-40-38-36-34-20-18-16-14-12-10-8-6-4-2/h53-54,58H,3-52,56H2,1-2H3,(H,57,59)(H,60,61)/t53-,54+/m0/s1. The highest BCUT2D eigenvalue weighted by Crippen LogP contribution is 2.43. The molecule has 0 aromatic carbocycles. The molecule has 0 heterocycles. The molecule has 0 spiro atoms. The lowest BCUT2D eigenvalue weighted by Gasteiger charge is -2.25. The molecule has 0 rings (SSSR count). The highest BCUT2D eigenvalue weighted by Gasteiger charge is 2.27. The minimum Gasteiger partial charge on any atom is -0.391 e. The van der Waals surface area contributed by atoms with Gasteiger partial charge in [0.05, 0.1) is 25.4 Å². The zero-order valence-corrected chi connectivity index (χ0v) is 44.0. The van der Waals surface area contributed by atoms with Gasteiger partial charge in [-0.1, -0.05) is 296 Å². The van der Waals surface area contributed by atoms with Crippen LogP contribution < -0.4 is 11.1 Å². The van der Waals surface area contributed by atoms with E-state index in [4.69, 9.17) is 14.8 Å². The molecule has 0 aliphatic heterocycles. The van der Waals surface area contributed by atoms with Crippen molar-refractivity contribution in [3.63, 3.8) is 0 Å². The van der Waals surface area contributed by atoms with Gasteiger partial charge in [0.1, 0.15) is 0 Å². The lowest BCUT2D eigenvalue weighted by molar-refractivity contribution is -0.123. The molecule has 0 fully saturated rings. The van der Waals surface area contributed by atoms with Crippen LogP contribution in [0, 0.1) is 0 Å². The average Bonchev–Trinajstić information content (AvgIpc) is 3.29. The van der Waals surface area contributed by atoms with Crippen LogP contribution in [0.4, 0.5) is 0 Å². The van der Waals surface area contributed by atoms with Gasteiger partial charge in [-0.3, -0.25) is 13.8 Å². The Balaban J connectivity index is 3.85. The summed E-state index contributed by atoms with van der Waals surface area (Å²) in [6, 6.07) is -0.769. The van der Waals surface area contributed by atoms with Crippen molar-refractivity contribution in [2.75, 3.05) is 19.8 Å². The Bertz CT molecular complexity index is 973. The molecular formula is C55H113N2O6P. The number of phosphoric acid groups is 1. The van der Waals surface area contributed by atoms with E-state index in [1.54, 1.807) is 0 Å². The third-order valence-corrected chi connectivity index (χ3v) is 14.4. The number of amides is 1. The molecule has 3 atom stereocenters. The number of hydrogen-bond donors (Lipinski definition) is 4. The molecule has 0 aromatic rings. The number of nitrogens with two attached hydrogens (primary N) is 1. The first kappa shape index (κ1) is 63.5. The van der Waals surface area contributed by atoms with Crippen molar-refractivity contribution in [3.05, 3.63) is 0 Å². The lowest BCUT2D eigenvalue weighted by atomic mass is 10.0. The number of carbonyl (C=O) groups excluding carboxylic acids is 1. The summed E-state index contributed by atoms with van der Waals surface area (Å²) in [6.07, 6.45) is 60.1. The Morgan fingerprint density at radius 3 is 1.00 bits per heavy atom. The van der Waals surface area contributed by atoms with Crippen molar-refractivity contribution < 1.29 is 28.4 Å². The zero-order chi connectivity index (χ0) is 46.7. The van der Waals surface area contributed by atoms with E-state index in [0.717, 1.165) is 38.5 Å². The number of hydrogen-bond acceptors (Lipinski definition) is 6. The Labute approximate surface area is 399 Å². The quantitative estimate of drug-likeness (QED) is 0.0353. The van der Waals surface area contributed by atoms with E-state index in [1.165, 1.54) is 250 Å². The van der Waals surface area contributed by atoms with E-state index in [0.29, 0.717) is 12.8 Å². The summed E-state index contributed by atoms with van der Waals surface area (Å²) in [5, 5.41) is 13.9. The molecular weight excluding hydrogens is 816 g/mol. The van der Waals surface area contributed by atoms with Crippen LogP contribution in [0.5, 0.6) is 0 Å². The van der Waals surface area contributed by atoms with Crippen LogP contribution in [0.25, 0.3) is 0 Å². The zero-order valence-electron chi connectivity index (χ0n) is 43.1. The van der Waals surface area contributed by atoms with Crippen LogP contribution in [-0.2, 0) is 18.4 Å². The number of phosphoric ester groups is 1. The molecule has 1 unspecified atom stereocenters. The third kappa shape index (κ3) is 49.4. The summed E-state index contributed by atoms with van der Waals surface area (Å²) in [5.74, 6) is -0.153. The second-order valence-corrected chi connectivity index (χ2v) is 21.3. The fourth-order valence-electron chi connectivity index (χ4n) is 9.14. The minimum absolute atomic E-state index is 0.0929. The van der Waals surface area contributed by atoms with Gasteiger partial charge in [0, 0.05) is 13.0 Å². The van der Waals surface area contributed by atoms with Gasteiger partial charge >= 0.3 is 7.82 Å². The lowest BCUT2D eigenvalue weighted by Crippen LogP contribution is -2.46. The largest absolute Gasteiger partial charge is 0.472 e. The number of aliphatic hydroxyl groups is 1. The van der Waals surface area contributed by atoms with Crippen molar-refractivity contribution in [2.24, 2.45) is 5.73 Å². The number of nitrogens with one attached hydrogen (secondary N) is 1. The second kappa shape index (κ2) is 51.9. The van der Waals surface area contributed by atoms with Crippen LogP contribution in [0.2, 0.25) is 0 Å². The maximum Gasteiger partial charge on any atom is 0.472 e. The van der Waals surface area contributed by atoms with Crippen molar-refractivity contribution in [2.45, 2.75) is 328 Å². The molecule has 0 aromatic heterocycles. The van der Waals surface area contributed by atoms with Crippen LogP contribution in [0.1, 0.15) is 316 Å². The van der Waals surface area contributed by atoms with Crippen molar-refractivity contribution in [1.29, 1.82) is 0 Å². The van der Waals surface area contributed by atoms with E-state index >= 15 is 0 Å². The monoisotopic (exact) mass is 929 g/mol. The molecule has 0 bridgehead atoms. The van der Waals surface area contributed by atoms with Crippen LogP contribution in [-0.4, -0.2) is 47.8 Å². The van der Waals surface area contributed by atoms with Crippen LogP contribution in [0.3, 0.4) is 0 Å². The molecule has 0 aliphatic rings. The van der Waals surface area contributed by atoms with Gasteiger partial charge in [-0.15, -0.1) is 0 Å². The van der Waals surface area contributed by atoms with E-state index in [1.807, 2.05) is 0 Å². The van der Waals surface area contributed by atoms with Crippen LogP contribution in [0.15, 0.2) is 0 Å². The first-order chi connectivity index (χ1) is 31.4. The summed E-state index contributed by atoms with van der Waals surface area (Å²) in [5.41, 5.74) is 5.41. The average molecular weight is 929 g/mol. The molecule has 0 saturated carbocycles. The number of aliphatic hydroxyl groups excluding tert-OH is 1. The molecule has 64 heavy (non-hydrogen) atoms. The van der Waals surface area contributed by atoms with Crippen LogP contribution >= 0.6 is 7.82 Å². The van der Waals surface area contributed by atoms with Gasteiger partial charge < -0.3 is 21.1 Å². The minimum atomic E-state index is -4.32. The molecule has 0 saturated heterocycles. The summed E-state index contributed by atoms with van der Waals surface area (Å²) >= 11 is 0. The SMILES string of the molecule is CCCCCCCCCCCCCCCCCCCCCCCCCCCCCCCC(=O)N[C@@H](COP(=O)(O)OCCN)[C@H](O)CCCCCCCCCCCCCCCCCC. The predicted octanol–water partition coefficient (Wildman–Crippen LogP) is 17.3. The van der Waals surface area contributed by atoms with Gasteiger partial charge in [-0.2, -0.15) is 0 Å². The van der Waals surface area contributed by atoms with Gasteiger partial charge in [-0.25, -0.2) is 4.57 Å². The second-order valence-electron chi connectivity index (χ2n) is 19.9. The summed E-state index contributed by atoms with van der Waals surface area (Å²) in [6.45, 7) is 4.27. The van der Waals surface area contributed by atoms with Gasteiger partial charge in [0.15, 0.2) is 0 Å². The molecule has 5 N–H and O–H groups in total. The molecule has 0 aliphatic carbocycles. The smallest absolute Gasteiger partial charge is 0.391 e. The molecule has 384 valence electrons. The number of carbonyl (C=O) groups is 1. The highest BCUT2D eigenvalue weighted by atomic mass is 31.2. The Morgan fingerprint density at radius 2 is 0.719 bits per heavy atom. The summed E-state index contributed by atoms with van der Waals surface area (Å²) in [4.78, 5) is 22.9. The van der Waals surface area contributed by atoms with Crippen molar-refractivity contribution >= 4 is 13.7 Å². The first-order valence-corrected chi connectivity index (χ1v) is 30.1. The van der Waals surface area contributed by atoms with E-state index in [-0.39, 0.29) is 25.7 Å². The normalized spacial score (nSPS) is 13.6. The summed E-state index contributed by atoms with van der Waals surface area (Å²) < 4.78 is 22.3. The fraction of sp³-hybridized carbons (Fsp3) is 0.982. The third-order valence-electron chi connectivity index (χ3n) is 13.5. The van der Waals surface area contributed by atoms with E-state index in [9.17, 15) is 19.4 Å². The summed E-state index contributed by atoms with van der Waals surface area (Å²) in [7, 11) is -4.32. The van der Waals surface area contributed by atoms with Gasteiger partial charge in [0.2, 0.25) is 5.91 Å². The molecule has 8 nitrogen and oxygen atoms in total. The predicted molar refractivity (Wildman–Crippen MR) is 277 cm³/mol. The number of rotatable bonds is 55. The van der Waals surface area contributed by atoms with Gasteiger partial charge in [-0.05, 0) is 12.8 Å². The van der Waals surface area contributed by atoms with E-state index < -0.39 is 20.0 Å². The van der Waals surface area contributed by atoms with Gasteiger partial charge in [0.25, 0.3) is 0 Å². The molecule has 1 amide bonds. The highest BCUT2D eigenvalue weighted by molar-refractivity contribution is 7.47.